The van der Waals surface area contributed by atoms with Crippen molar-refractivity contribution >= 4 is 12.0 Å². The molecule has 0 atom stereocenters. The highest BCUT2D eigenvalue weighted by atomic mass is 16.2. The van der Waals surface area contributed by atoms with Gasteiger partial charge in [0.05, 0.1) is 5.69 Å². The van der Waals surface area contributed by atoms with Crippen LogP contribution in [0, 0.1) is 0 Å². The number of benzene rings is 1. The van der Waals surface area contributed by atoms with E-state index in [1.807, 2.05) is 58.4 Å². The lowest BCUT2D eigenvalue weighted by atomic mass is 10.1. The number of aromatic nitrogens is 3. The minimum absolute atomic E-state index is 0.140. The third-order valence-corrected chi connectivity index (χ3v) is 4.88. The Balaban J connectivity index is 1.56. The van der Waals surface area contributed by atoms with Gasteiger partial charge in [0, 0.05) is 62.0 Å². The SMILES string of the molecule is CN1CCN(NC(=O)/C=C/c2cn(-c3ccccc3)nc2-c2cccnc2)CC1. The average molecular weight is 388 g/mol. The van der Waals surface area contributed by atoms with Crippen LogP contribution in [0.25, 0.3) is 23.0 Å². The molecule has 0 aliphatic carbocycles. The van der Waals surface area contributed by atoms with E-state index in [2.05, 4.69) is 22.4 Å². The van der Waals surface area contributed by atoms with Crippen molar-refractivity contribution in [2.45, 2.75) is 0 Å². The van der Waals surface area contributed by atoms with Crippen molar-refractivity contribution in [3.05, 3.63) is 72.7 Å². The Morgan fingerprint density at radius 3 is 2.59 bits per heavy atom. The fraction of sp³-hybridized carbons (Fsp3) is 0.227. The molecule has 3 heterocycles. The summed E-state index contributed by atoms with van der Waals surface area (Å²) in [5, 5.41) is 6.69. The Bertz CT molecular complexity index is 975. The zero-order valence-electron chi connectivity index (χ0n) is 16.4. The van der Waals surface area contributed by atoms with Crippen LogP contribution in [0.2, 0.25) is 0 Å². The highest BCUT2D eigenvalue weighted by molar-refractivity contribution is 5.92. The molecule has 3 aromatic rings. The van der Waals surface area contributed by atoms with Crippen molar-refractivity contribution in [2.24, 2.45) is 0 Å². The van der Waals surface area contributed by atoms with E-state index in [1.165, 1.54) is 0 Å². The summed E-state index contributed by atoms with van der Waals surface area (Å²) in [6, 6.07) is 13.7. The van der Waals surface area contributed by atoms with Crippen molar-refractivity contribution in [3.63, 3.8) is 0 Å². The highest BCUT2D eigenvalue weighted by Crippen LogP contribution is 2.24. The van der Waals surface area contributed by atoms with E-state index >= 15 is 0 Å². The molecule has 1 fully saturated rings. The molecule has 0 bridgehead atoms. The molecule has 0 unspecified atom stereocenters. The Morgan fingerprint density at radius 2 is 1.86 bits per heavy atom. The molecule has 1 saturated heterocycles. The number of likely N-dealkylation sites (N-methyl/N-ethyl adjacent to an activating group) is 1. The van der Waals surface area contributed by atoms with Gasteiger partial charge in [-0.15, -0.1) is 0 Å². The van der Waals surface area contributed by atoms with Gasteiger partial charge in [-0.1, -0.05) is 18.2 Å². The van der Waals surface area contributed by atoms with Crippen LogP contribution < -0.4 is 5.43 Å². The largest absolute Gasteiger partial charge is 0.304 e. The minimum Gasteiger partial charge on any atom is -0.304 e. The summed E-state index contributed by atoms with van der Waals surface area (Å²) in [4.78, 5) is 18.8. The first-order chi connectivity index (χ1) is 14.2. The number of para-hydroxylation sites is 1. The normalized spacial score (nSPS) is 15.6. The average Bonchev–Trinajstić information content (AvgIpc) is 3.20. The zero-order valence-corrected chi connectivity index (χ0v) is 16.4. The number of hydrogen-bond donors (Lipinski definition) is 1. The lowest BCUT2D eigenvalue weighted by Gasteiger charge is -2.31. The summed E-state index contributed by atoms with van der Waals surface area (Å²) in [6.07, 6.45) is 8.80. The smallest absolute Gasteiger partial charge is 0.258 e. The van der Waals surface area contributed by atoms with Gasteiger partial charge in [-0.2, -0.15) is 5.10 Å². The van der Waals surface area contributed by atoms with E-state index < -0.39 is 0 Å². The number of pyridine rings is 1. The third kappa shape index (κ3) is 4.77. The van der Waals surface area contributed by atoms with Gasteiger partial charge in [0.15, 0.2) is 0 Å². The number of nitrogens with zero attached hydrogens (tertiary/aromatic N) is 5. The van der Waals surface area contributed by atoms with Gasteiger partial charge in [0.1, 0.15) is 5.69 Å². The van der Waals surface area contributed by atoms with Crippen LogP contribution in [0.4, 0.5) is 0 Å². The van der Waals surface area contributed by atoms with Crippen molar-refractivity contribution in [3.8, 4) is 16.9 Å². The molecule has 1 N–H and O–H groups in total. The van der Waals surface area contributed by atoms with E-state index in [0.717, 1.165) is 48.7 Å². The molecule has 1 aromatic carbocycles. The number of piperazine rings is 1. The molecule has 7 heteroatoms. The van der Waals surface area contributed by atoms with E-state index in [0.29, 0.717) is 0 Å². The fourth-order valence-corrected chi connectivity index (χ4v) is 3.23. The Morgan fingerprint density at radius 1 is 1.07 bits per heavy atom. The Hall–Kier alpha value is -3.29. The Labute approximate surface area is 170 Å². The van der Waals surface area contributed by atoms with Crippen molar-refractivity contribution in [2.75, 3.05) is 33.2 Å². The molecular formula is C22H24N6O. The van der Waals surface area contributed by atoms with E-state index in [4.69, 9.17) is 5.10 Å². The second kappa shape index (κ2) is 8.81. The maximum atomic E-state index is 12.4. The topological polar surface area (TPSA) is 66.3 Å². The maximum absolute atomic E-state index is 12.4. The quantitative estimate of drug-likeness (QED) is 0.679. The van der Waals surface area contributed by atoms with Crippen molar-refractivity contribution in [1.82, 2.24) is 30.1 Å². The molecule has 1 aliphatic rings. The molecule has 2 aromatic heterocycles. The summed E-state index contributed by atoms with van der Waals surface area (Å²) < 4.78 is 1.82. The van der Waals surface area contributed by atoms with Crippen LogP contribution in [0.15, 0.2) is 67.1 Å². The molecule has 1 amide bonds. The van der Waals surface area contributed by atoms with Crippen LogP contribution in [0.1, 0.15) is 5.56 Å². The Kier molecular flexibility index (Phi) is 5.79. The summed E-state index contributed by atoms with van der Waals surface area (Å²) in [5.74, 6) is -0.140. The standard InChI is InChI=1S/C22H24N6O/c1-26-12-14-27(15-13-26)24-21(29)10-9-19-17-28(20-7-3-2-4-8-20)25-22(19)18-6-5-11-23-16-18/h2-11,16-17H,12-15H2,1H3,(H,24,29)/b10-9+. The van der Waals surface area contributed by atoms with E-state index in [9.17, 15) is 4.79 Å². The van der Waals surface area contributed by atoms with E-state index in [-0.39, 0.29) is 5.91 Å². The summed E-state index contributed by atoms with van der Waals surface area (Å²) in [7, 11) is 2.09. The van der Waals surface area contributed by atoms with Crippen molar-refractivity contribution < 1.29 is 4.79 Å². The van der Waals surface area contributed by atoms with Gasteiger partial charge in [-0.3, -0.25) is 15.2 Å². The molecule has 0 saturated carbocycles. The predicted molar refractivity (Wildman–Crippen MR) is 113 cm³/mol. The van der Waals surface area contributed by atoms with Gasteiger partial charge in [-0.25, -0.2) is 9.69 Å². The molecule has 148 valence electrons. The summed E-state index contributed by atoms with van der Waals surface area (Å²) in [5.41, 5.74) is 6.45. The predicted octanol–water partition coefficient (Wildman–Crippen LogP) is 2.23. The summed E-state index contributed by atoms with van der Waals surface area (Å²) >= 11 is 0. The number of amides is 1. The number of nitrogens with one attached hydrogen (secondary N) is 1. The molecule has 0 radical (unpaired) electrons. The fourth-order valence-electron chi connectivity index (χ4n) is 3.23. The zero-order chi connectivity index (χ0) is 20.1. The number of rotatable bonds is 5. The number of carbonyl (C=O) groups is 1. The third-order valence-electron chi connectivity index (χ3n) is 4.88. The number of hydrogen-bond acceptors (Lipinski definition) is 5. The first-order valence-corrected chi connectivity index (χ1v) is 9.67. The second-order valence-electron chi connectivity index (χ2n) is 7.05. The molecular weight excluding hydrogens is 364 g/mol. The minimum atomic E-state index is -0.140. The summed E-state index contributed by atoms with van der Waals surface area (Å²) in [6.45, 7) is 3.53. The van der Waals surface area contributed by atoms with Gasteiger partial charge in [0.25, 0.3) is 5.91 Å². The van der Waals surface area contributed by atoms with Crippen LogP contribution in [-0.4, -0.2) is 63.8 Å². The van der Waals surface area contributed by atoms with Crippen LogP contribution >= 0.6 is 0 Å². The van der Waals surface area contributed by atoms with Gasteiger partial charge in [-0.05, 0) is 37.4 Å². The molecule has 1 aliphatic heterocycles. The van der Waals surface area contributed by atoms with Crippen LogP contribution in [-0.2, 0) is 4.79 Å². The molecule has 7 nitrogen and oxygen atoms in total. The van der Waals surface area contributed by atoms with Gasteiger partial charge >= 0.3 is 0 Å². The lowest BCUT2D eigenvalue weighted by Crippen LogP contribution is -2.52. The second-order valence-corrected chi connectivity index (χ2v) is 7.05. The number of carbonyl (C=O) groups excluding carboxylic acids is 1. The first kappa shape index (κ1) is 19.0. The highest BCUT2D eigenvalue weighted by Gasteiger charge is 2.15. The maximum Gasteiger partial charge on any atom is 0.258 e. The number of hydrazine groups is 1. The van der Waals surface area contributed by atoms with Crippen molar-refractivity contribution in [1.29, 1.82) is 0 Å². The first-order valence-electron chi connectivity index (χ1n) is 9.67. The molecule has 29 heavy (non-hydrogen) atoms. The molecule has 4 rings (SSSR count). The molecule has 0 spiro atoms. The van der Waals surface area contributed by atoms with Gasteiger partial charge < -0.3 is 4.90 Å². The van der Waals surface area contributed by atoms with Gasteiger partial charge in [0.2, 0.25) is 0 Å². The monoisotopic (exact) mass is 388 g/mol. The lowest BCUT2D eigenvalue weighted by molar-refractivity contribution is -0.121. The van der Waals surface area contributed by atoms with Crippen LogP contribution in [0.5, 0.6) is 0 Å². The van der Waals surface area contributed by atoms with Crippen LogP contribution in [0.3, 0.4) is 0 Å². The van der Waals surface area contributed by atoms with E-state index in [1.54, 1.807) is 24.5 Å².